The topological polar surface area (TPSA) is 95.5 Å². The van der Waals surface area contributed by atoms with Crippen LogP contribution in [0.4, 0.5) is 13.2 Å². The number of carbonyl (C=O) groups excluding carboxylic acids is 1. The molecule has 4 rings (SSSR count). The molecule has 0 atom stereocenters. The van der Waals surface area contributed by atoms with Gasteiger partial charge in [-0.15, -0.1) is 0 Å². The molecule has 2 aromatic rings. The molecule has 0 spiro atoms. The van der Waals surface area contributed by atoms with Crippen LogP contribution in [0.1, 0.15) is 40.0 Å². The standard InChI is InChI=1S/C18H21N3O2.C2HF3O2/c22-18(17-2-1-6-20-17)21-7-5-16-14(10-21)8-19-9-15(16)12-23-11-13-3-4-13;3-2(4,5)1(6)7/h1-2,6,8-9,13,20H,3-5,7,10-12H2;(H,6,7). The molecule has 1 fully saturated rings. The van der Waals surface area contributed by atoms with Crippen LogP contribution in [-0.2, 0) is 29.1 Å². The smallest absolute Gasteiger partial charge is 0.475 e. The minimum atomic E-state index is -5.08. The van der Waals surface area contributed by atoms with Crippen molar-refractivity contribution in [2.75, 3.05) is 13.2 Å². The zero-order valence-electron chi connectivity index (χ0n) is 16.1. The van der Waals surface area contributed by atoms with Crippen LogP contribution in [0.5, 0.6) is 0 Å². The van der Waals surface area contributed by atoms with E-state index in [4.69, 9.17) is 14.6 Å². The molecule has 0 bridgehead atoms. The number of aromatic amines is 1. The summed E-state index contributed by atoms with van der Waals surface area (Å²) in [5.41, 5.74) is 4.27. The van der Waals surface area contributed by atoms with Crippen LogP contribution in [0.25, 0.3) is 0 Å². The molecule has 2 aromatic heterocycles. The highest BCUT2D eigenvalue weighted by Crippen LogP contribution is 2.29. The minimum absolute atomic E-state index is 0.0519. The molecule has 0 aromatic carbocycles. The molecule has 0 unspecified atom stereocenters. The minimum Gasteiger partial charge on any atom is -0.475 e. The average molecular weight is 425 g/mol. The lowest BCUT2D eigenvalue weighted by Gasteiger charge is -2.29. The van der Waals surface area contributed by atoms with Crippen molar-refractivity contribution in [3.8, 4) is 0 Å². The maximum atomic E-state index is 12.5. The summed E-state index contributed by atoms with van der Waals surface area (Å²) in [6.45, 7) is 2.86. The second-order valence-electron chi connectivity index (χ2n) is 7.26. The Balaban J connectivity index is 0.000000318. The first-order chi connectivity index (χ1) is 14.3. The zero-order valence-corrected chi connectivity index (χ0v) is 16.1. The number of ether oxygens (including phenoxy) is 1. The molecular formula is C20H22F3N3O4. The molecule has 3 heterocycles. The third kappa shape index (κ3) is 5.82. The van der Waals surface area contributed by atoms with Crippen LogP contribution >= 0.6 is 0 Å². The van der Waals surface area contributed by atoms with E-state index < -0.39 is 12.1 Å². The van der Waals surface area contributed by atoms with Crippen LogP contribution in [0.15, 0.2) is 30.7 Å². The van der Waals surface area contributed by atoms with Crippen LogP contribution < -0.4 is 0 Å². The Kier molecular flexibility index (Phi) is 6.76. The number of carboxylic acid groups (broad SMARTS) is 1. The van der Waals surface area contributed by atoms with Crippen molar-refractivity contribution in [3.63, 3.8) is 0 Å². The van der Waals surface area contributed by atoms with Gasteiger partial charge in [0.15, 0.2) is 0 Å². The van der Waals surface area contributed by atoms with Crippen molar-refractivity contribution in [2.24, 2.45) is 5.92 Å². The van der Waals surface area contributed by atoms with Crippen LogP contribution in [0.2, 0.25) is 0 Å². The fourth-order valence-electron chi connectivity index (χ4n) is 3.12. The number of fused-ring (bicyclic) bond motifs is 1. The molecule has 0 radical (unpaired) electrons. The van der Waals surface area contributed by atoms with Crippen LogP contribution in [-0.4, -0.2) is 51.2 Å². The number of nitrogens with zero attached hydrogens (tertiary/aromatic N) is 2. The Bertz CT molecular complexity index is 880. The van der Waals surface area contributed by atoms with Crippen molar-refractivity contribution in [2.45, 2.75) is 38.6 Å². The van der Waals surface area contributed by atoms with Gasteiger partial charge in [0.25, 0.3) is 5.91 Å². The van der Waals surface area contributed by atoms with Crippen LogP contribution in [0, 0.1) is 5.92 Å². The van der Waals surface area contributed by atoms with E-state index in [-0.39, 0.29) is 5.91 Å². The number of carboxylic acids is 1. The highest BCUT2D eigenvalue weighted by atomic mass is 19.4. The summed E-state index contributed by atoms with van der Waals surface area (Å²) in [7, 11) is 0. The highest BCUT2D eigenvalue weighted by Gasteiger charge is 2.38. The number of H-pyrrole nitrogens is 1. The predicted molar refractivity (Wildman–Crippen MR) is 99.5 cm³/mol. The van der Waals surface area contributed by atoms with Gasteiger partial charge < -0.3 is 19.7 Å². The van der Waals surface area contributed by atoms with Crippen molar-refractivity contribution in [3.05, 3.63) is 53.1 Å². The summed E-state index contributed by atoms with van der Waals surface area (Å²) in [6, 6.07) is 3.67. The number of nitrogens with one attached hydrogen (secondary N) is 1. The zero-order chi connectivity index (χ0) is 21.7. The van der Waals surface area contributed by atoms with E-state index in [0.29, 0.717) is 18.8 Å². The van der Waals surface area contributed by atoms with E-state index in [1.807, 2.05) is 29.4 Å². The molecule has 1 saturated carbocycles. The number of carbonyl (C=O) groups is 2. The van der Waals surface area contributed by atoms with Gasteiger partial charge in [-0.05, 0) is 54.0 Å². The number of alkyl halides is 3. The van der Waals surface area contributed by atoms with Gasteiger partial charge in [0.2, 0.25) is 0 Å². The number of aliphatic carboxylic acids is 1. The summed E-state index contributed by atoms with van der Waals surface area (Å²) >= 11 is 0. The van der Waals surface area contributed by atoms with Gasteiger partial charge in [-0.25, -0.2) is 4.79 Å². The molecule has 2 aliphatic rings. The summed E-state index contributed by atoms with van der Waals surface area (Å²) < 4.78 is 37.6. The van der Waals surface area contributed by atoms with Gasteiger partial charge in [-0.1, -0.05) is 0 Å². The molecule has 7 nitrogen and oxygen atoms in total. The maximum Gasteiger partial charge on any atom is 0.490 e. The number of hydrogen-bond donors (Lipinski definition) is 2. The molecule has 1 aliphatic heterocycles. The fourth-order valence-corrected chi connectivity index (χ4v) is 3.12. The van der Waals surface area contributed by atoms with Crippen molar-refractivity contribution in [1.82, 2.24) is 14.9 Å². The monoisotopic (exact) mass is 425 g/mol. The predicted octanol–water partition coefficient (Wildman–Crippen LogP) is 3.17. The lowest BCUT2D eigenvalue weighted by Crippen LogP contribution is -2.36. The Morgan fingerprint density at radius 1 is 1.30 bits per heavy atom. The van der Waals surface area contributed by atoms with Crippen molar-refractivity contribution < 1.29 is 32.6 Å². The third-order valence-corrected chi connectivity index (χ3v) is 4.90. The number of hydrogen-bond acceptors (Lipinski definition) is 4. The Morgan fingerprint density at radius 3 is 2.63 bits per heavy atom. The van der Waals surface area contributed by atoms with E-state index >= 15 is 0 Å². The lowest BCUT2D eigenvalue weighted by atomic mass is 9.97. The number of amides is 1. The number of rotatable bonds is 5. The highest BCUT2D eigenvalue weighted by molar-refractivity contribution is 5.92. The first kappa shape index (κ1) is 21.8. The molecule has 162 valence electrons. The summed E-state index contributed by atoms with van der Waals surface area (Å²) in [5, 5.41) is 7.12. The van der Waals surface area contributed by atoms with E-state index in [0.717, 1.165) is 31.1 Å². The van der Waals surface area contributed by atoms with Gasteiger partial charge in [-0.2, -0.15) is 13.2 Å². The van der Waals surface area contributed by atoms with E-state index in [1.165, 1.54) is 24.0 Å². The molecule has 10 heteroatoms. The average Bonchev–Trinajstić information content (AvgIpc) is 3.37. The second kappa shape index (κ2) is 9.29. The molecule has 1 aliphatic carbocycles. The molecular weight excluding hydrogens is 403 g/mol. The lowest BCUT2D eigenvalue weighted by molar-refractivity contribution is -0.192. The molecule has 0 saturated heterocycles. The van der Waals surface area contributed by atoms with Gasteiger partial charge in [-0.3, -0.25) is 9.78 Å². The van der Waals surface area contributed by atoms with Gasteiger partial charge in [0.1, 0.15) is 5.69 Å². The van der Waals surface area contributed by atoms with Gasteiger partial charge in [0, 0.05) is 38.3 Å². The Hall–Kier alpha value is -2.88. The third-order valence-electron chi connectivity index (χ3n) is 4.90. The molecule has 30 heavy (non-hydrogen) atoms. The Morgan fingerprint density at radius 2 is 2.03 bits per heavy atom. The summed E-state index contributed by atoms with van der Waals surface area (Å²) in [5.74, 6) is -1.93. The van der Waals surface area contributed by atoms with E-state index in [2.05, 4.69) is 9.97 Å². The molecule has 1 amide bonds. The SMILES string of the molecule is O=C(O)C(F)(F)F.O=C(c1ccc[nH]1)N1CCc2c(COCC3CC3)cncc2C1. The normalized spacial score (nSPS) is 15.8. The summed E-state index contributed by atoms with van der Waals surface area (Å²) in [6.07, 6.45) is 3.97. The molecule has 2 N–H and O–H groups in total. The van der Waals surface area contributed by atoms with E-state index in [1.54, 1.807) is 6.20 Å². The fraction of sp³-hybridized carbons (Fsp3) is 0.450. The summed E-state index contributed by atoms with van der Waals surface area (Å²) in [4.78, 5) is 30.6. The first-order valence-corrected chi connectivity index (χ1v) is 9.51. The number of aromatic nitrogens is 2. The van der Waals surface area contributed by atoms with E-state index in [9.17, 15) is 18.0 Å². The second-order valence-corrected chi connectivity index (χ2v) is 7.26. The largest absolute Gasteiger partial charge is 0.490 e. The van der Waals surface area contributed by atoms with Crippen LogP contribution in [0.3, 0.4) is 0 Å². The quantitative estimate of drug-likeness (QED) is 0.767. The Labute approximate surface area is 170 Å². The van der Waals surface area contributed by atoms with Gasteiger partial charge in [0.05, 0.1) is 6.61 Å². The first-order valence-electron chi connectivity index (χ1n) is 9.51. The number of halogens is 3. The van der Waals surface area contributed by atoms with Gasteiger partial charge >= 0.3 is 12.1 Å². The van der Waals surface area contributed by atoms with Crippen molar-refractivity contribution in [1.29, 1.82) is 0 Å². The van der Waals surface area contributed by atoms with Crippen molar-refractivity contribution >= 4 is 11.9 Å². The number of pyridine rings is 1. The maximum absolute atomic E-state index is 12.5.